The van der Waals surface area contributed by atoms with E-state index in [0.29, 0.717) is 12.3 Å². The highest BCUT2D eigenvalue weighted by molar-refractivity contribution is 7.98. The predicted molar refractivity (Wildman–Crippen MR) is 121 cm³/mol. The SMILES string of the molecule is Cn1ncnc1CSc1nc2sc3c(c2c(=O)n1CCc1ccccc1)CCCC3. The zero-order valence-corrected chi connectivity index (χ0v) is 18.5. The van der Waals surface area contributed by atoms with E-state index in [4.69, 9.17) is 4.98 Å². The van der Waals surface area contributed by atoms with Crippen LogP contribution < -0.4 is 5.56 Å². The molecule has 8 heteroatoms. The number of aromatic nitrogens is 5. The second kappa shape index (κ2) is 8.35. The molecular formula is C22H23N5OS2. The monoisotopic (exact) mass is 437 g/mol. The van der Waals surface area contributed by atoms with Crippen LogP contribution in [0.4, 0.5) is 0 Å². The van der Waals surface area contributed by atoms with Crippen molar-refractivity contribution >= 4 is 33.3 Å². The molecule has 0 atom stereocenters. The van der Waals surface area contributed by atoms with E-state index in [9.17, 15) is 4.79 Å². The molecule has 0 radical (unpaired) electrons. The smallest absolute Gasteiger partial charge is 0.263 e. The molecule has 4 aromatic rings. The Morgan fingerprint density at radius 2 is 2.00 bits per heavy atom. The van der Waals surface area contributed by atoms with Crippen LogP contribution in [0.5, 0.6) is 0 Å². The Hall–Kier alpha value is -2.45. The van der Waals surface area contributed by atoms with Gasteiger partial charge < -0.3 is 0 Å². The van der Waals surface area contributed by atoms with Gasteiger partial charge in [0.25, 0.3) is 5.56 Å². The van der Waals surface area contributed by atoms with E-state index >= 15 is 0 Å². The van der Waals surface area contributed by atoms with Crippen molar-refractivity contribution < 1.29 is 0 Å². The van der Waals surface area contributed by atoms with Gasteiger partial charge in [-0.25, -0.2) is 9.97 Å². The summed E-state index contributed by atoms with van der Waals surface area (Å²) >= 11 is 3.27. The van der Waals surface area contributed by atoms with Crippen molar-refractivity contribution in [2.45, 2.75) is 49.6 Å². The summed E-state index contributed by atoms with van der Waals surface area (Å²) in [4.78, 5) is 25.1. The third-order valence-electron chi connectivity index (χ3n) is 5.64. The van der Waals surface area contributed by atoms with E-state index in [-0.39, 0.29) is 5.56 Å². The Bertz CT molecular complexity index is 1240. The van der Waals surface area contributed by atoms with Crippen LogP contribution in [0.1, 0.15) is 34.7 Å². The van der Waals surface area contributed by atoms with Gasteiger partial charge in [-0.1, -0.05) is 42.1 Å². The van der Waals surface area contributed by atoms with Gasteiger partial charge in [0, 0.05) is 18.5 Å². The van der Waals surface area contributed by atoms with Gasteiger partial charge in [-0.05, 0) is 43.2 Å². The first-order valence-electron chi connectivity index (χ1n) is 10.3. The number of thioether (sulfide) groups is 1. The van der Waals surface area contributed by atoms with Crippen LogP contribution >= 0.6 is 23.1 Å². The minimum absolute atomic E-state index is 0.107. The lowest BCUT2D eigenvalue weighted by Crippen LogP contribution is -2.25. The minimum atomic E-state index is 0.107. The summed E-state index contributed by atoms with van der Waals surface area (Å²) in [5, 5.41) is 5.77. The Labute approximate surface area is 183 Å². The van der Waals surface area contributed by atoms with Crippen LogP contribution in [0.2, 0.25) is 0 Å². The van der Waals surface area contributed by atoms with Gasteiger partial charge in [-0.2, -0.15) is 5.10 Å². The molecule has 0 amide bonds. The molecule has 5 rings (SSSR count). The summed E-state index contributed by atoms with van der Waals surface area (Å²) in [7, 11) is 1.88. The summed E-state index contributed by atoms with van der Waals surface area (Å²) in [6.07, 6.45) is 6.79. The Balaban J connectivity index is 1.55. The lowest BCUT2D eigenvalue weighted by molar-refractivity contribution is 0.594. The molecular weight excluding hydrogens is 414 g/mol. The van der Waals surface area contributed by atoms with Gasteiger partial charge in [-0.3, -0.25) is 14.0 Å². The number of hydrogen-bond acceptors (Lipinski definition) is 6. The second-order valence-corrected chi connectivity index (χ2v) is 9.59. The van der Waals surface area contributed by atoms with Crippen LogP contribution in [0.15, 0.2) is 46.6 Å². The van der Waals surface area contributed by atoms with Crippen LogP contribution in [-0.4, -0.2) is 24.3 Å². The average Bonchev–Trinajstić information content (AvgIpc) is 3.35. The molecule has 0 bridgehead atoms. The molecule has 1 aromatic carbocycles. The van der Waals surface area contributed by atoms with E-state index in [0.717, 1.165) is 46.9 Å². The van der Waals surface area contributed by atoms with Crippen molar-refractivity contribution in [3.8, 4) is 0 Å². The number of fused-ring (bicyclic) bond motifs is 3. The molecule has 0 spiro atoms. The fraction of sp³-hybridized carbons (Fsp3) is 0.364. The predicted octanol–water partition coefficient (Wildman–Crippen LogP) is 4.00. The summed E-state index contributed by atoms with van der Waals surface area (Å²) < 4.78 is 3.64. The first kappa shape index (κ1) is 19.5. The second-order valence-electron chi connectivity index (χ2n) is 7.57. The molecule has 0 N–H and O–H groups in total. The summed E-state index contributed by atoms with van der Waals surface area (Å²) in [6.45, 7) is 0.623. The topological polar surface area (TPSA) is 65.6 Å². The standard InChI is InChI=1S/C22H23N5OS2/c1-26-18(23-14-24-26)13-29-22-25-20-19(16-9-5-6-10-17(16)30-20)21(28)27(22)12-11-15-7-3-2-4-8-15/h2-4,7-8,14H,5-6,9-13H2,1H3. The number of thiophene rings is 1. The van der Waals surface area contributed by atoms with E-state index in [1.807, 2.05) is 29.8 Å². The Morgan fingerprint density at radius 1 is 1.17 bits per heavy atom. The minimum Gasteiger partial charge on any atom is -0.287 e. The number of nitrogens with zero attached hydrogens (tertiary/aromatic N) is 5. The highest BCUT2D eigenvalue weighted by Crippen LogP contribution is 2.35. The number of hydrogen-bond donors (Lipinski definition) is 0. The molecule has 30 heavy (non-hydrogen) atoms. The number of benzene rings is 1. The highest BCUT2D eigenvalue weighted by Gasteiger charge is 2.22. The molecule has 3 heterocycles. The average molecular weight is 438 g/mol. The maximum atomic E-state index is 13.6. The van der Waals surface area contributed by atoms with Crippen molar-refractivity contribution in [1.82, 2.24) is 24.3 Å². The number of aryl methyl sites for hydroxylation is 4. The van der Waals surface area contributed by atoms with E-state index < -0.39 is 0 Å². The van der Waals surface area contributed by atoms with Crippen molar-refractivity contribution in [3.63, 3.8) is 0 Å². The van der Waals surface area contributed by atoms with Crippen LogP contribution in [0.3, 0.4) is 0 Å². The molecule has 6 nitrogen and oxygen atoms in total. The summed E-state index contributed by atoms with van der Waals surface area (Å²) in [5.41, 5.74) is 2.58. The van der Waals surface area contributed by atoms with Gasteiger partial charge in [0.2, 0.25) is 0 Å². The molecule has 1 aliphatic carbocycles. The van der Waals surface area contributed by atoms with Crippen molar-refractivity contribution in [1.29, 1.82) is 0 Å². The van der Waals surface area contributed by atoms with Gasteiger partial charge in [0.1, 0.15) is 17.0 Å². The molecule has 154 valence electrons. The first-order valence-corrected chi connectivity index (χ1v) is 12.1. The fourth-order valence-electron chi connectivity index (χ4n) is 3.99. The van der Waals surface area contributed by atoms with Crippen molar-refractivity contribution in [2.75, 3.05) is 0 Å². The Kier molecular flexibility index (Phi) is 5.43. The normalized spacial score (nSPS) is 13.6. The molecule has 0 saturated heterocycles. The quantitative estimate of drug-likeness (QED) is 0.337. The summed E-state index contributed by atoms with van der Waals surface area (Å²) in [5.74, 6) is 1.50. The zero-order valence-electron chi connectivity index (χ0n) is 16.9. The van der Waals surface area contributed by atoms with Gasteiger partial charge in [-0.15, -0.1) is 11.3 Å². The van der Waals surface area contributed by atoms with Gasteiger partial charge in [0.15, 0.2) is 5.16 Å². The molecule has 0 saturated carbocycles. The molecule has 3 aromatic heterocycles. The fourth-order valence-corrected chi connectivity index (χ4v) is 6.31. The van der Waals surface area contributed by atoms with E-state index in [1.165, 1.54) is 22.4 Å². The largest absolute Gasteiger partial charge is 0.287 e. The van der Waals surface area contributed by atoms with Crippen LogP contribution in [0, 0.1) is 0 Å². The maximum Gasteiger partial charge on any atom is 0.263 e. The zero-order chi connectivity index (χ0) is 20.5. The van der Waals surface area contributed by atoms with Crippen LogP contribution in [0.25, 0.3) is 10.2 Å². The highest BCUT2D eigenvalue weighted by atomic mass is 32.2. The van der Waals surface area contributed by atoms with Crippen LogP contribution in [-0.2, 0) is 38.6 Å². The summed E-state index contributed by atoms with van der Waals surface area (Å²) in [6, 6.07) is 10.3. The third kappa shape index (κ3) is 3.70. The molecule has 0 unspecified atom stereocenters. The maximum absolute atomic E-state index is 13.6. The molecule has 0 fully saturated rings. The molecule has 1 aliphatic rings. The van der Waals surface area contributed by atoms with Crippen molar-refractivity contribution in [2.24, 2.45) is 7.05 Å². The van der Waals surface area contributed by atoms with E-state index in [2.05, 4.69) is 22.2 Å². The van der Waals surface area contributed by atoms with E-state index in [1.54, 1.807) is 34.1 Å². The number of rotatable bonds is 6. The lowest BCUT2D eigenvalue weighted by atomic mass is 9.97. The lowest BCUT2D eigenvalue weighted by Gasteiger charge is -2.13. The third-order valence-corrected chi connectivity index (χ3v) is 7.80. The Morgan fingerprint density at radius 3 is 2.80 bits per heavy atom. The van der Waals surface area contributed by atoms with Gasteiger partial charge >= 0.3 is 0 Å². The molecule has 0 aliphatic heterocycles. The van der Waals surface area contributed by atoms with Gasteiger partial charge in [0.05, 0.1) is 11.1 Å². The van der Waals surface area contributed by atoms with Crippen molar-refractivity contribution in [3.05, 3.63) is 68.8 Å². The first-order chi connectivity index (χ1) is 14.7.